The molecule has 1 heterocycles. The summed E-state index contributed by atoms with van der Waals surface area (Å²) in [6.45, 7) is 1.01. The molecule has 17 heavy (non-hydrogen) atoms. The van der Waals surface area contributed by atoms with Gasteiger partial charge in [-0.05, 0) is 38.0 Å². The summed E-state index contributed by atoms with van der Waals surface area (Å²) in [4.78, 5) is 11.6. The van der Waals surface area contributed by atoms with E-state index in [1.165, 1.54) is 12.8 Å². The largest absolute Gasteiger partial charge is 0.481 e. The lowest BCUT2D eigenvalue weighted by molar-refractivity contribution is -0.152. The van der Waals surface area contributed by atoms with Crippen LogP contribution in [0, 0.1) is 11.3 Å². The maximum absolute atomic E-state index is 11.6. The zero-order valence-electron chi connectivity index (χ0n) is 10.4. The number of carboxylic acids is 1. The summed E-state index contributed by atoms with van der Waals surface area (Å²) in [6.07, 6.45) is 6.99. The quantitative estimate of drug-likeness (QED) is 0.743. The molecule has 0 spiro atoms. The highest BCUT2D eigenvalue weighted by atomic mass is 16.5. The third kappa shape index (κ3) is 3.19. The number of rotatable bonds is 6. The molecule has 2 rings (SSSR count). The van der Waals surface area contributed by atoms with Gasteiger partial charge in [0.1, 0.15) is 0 Å². The molecule has 0 bridgehead atoms. The predicted octanol–water partition coefficient (Wildman–Crippen LogP) is 1.78. The van der Waals surface area contributed by atoms with Crippen LogP contribution >= 0.6 is 0 Å². The molecule has 2 unspecified atom stereocenters. The SMILES string of the molecule is NCC(CC1CC1)(CC1CCCCO1)C(=O)O. The van der Waals surface area contributed by atoms with Gasteiger partial charge in [-0.2, -0.15) is 0 Å². The van der Waals surface area contributed by atoms with Crippen LogP contribution in [0.25, 0.3) is 0 Å². The number of ether oxygens (including phenoxy) is 1. The Morgan fingerprint density at radius 1 is 1.29 bits per heavy atom. The van der Waals surface area contributed by atoms with Gasteiger partial charge in [-0.1, -0.05) is 12.8 Å². The lowest BCUT2D eigenvalue weighted by atomic mass is 9.76. The molecule has 4 nitrogen and oxygen atoms in total. The van der Waals surface area contributed by atoms with Crippen LogP contribution < -0.4 is 5.73 Å². The average Bonchev–Trinajstić information content (AvgIpc) is 3.13. The van der Waals surface area contributed by atoms with Gasteiger partial charge in [0.2, 0.25) is 0 Å². The molecule has 3 N–H and O–H groups in total. The Bertz CT molecular complexity index is 272. The Hall–Kier alpha value is -0.610. The molecule has 4 heteroatoms. The van der Waals surface area contributed by atoms with Crippen molar-refractivity contribution in [1.29, 1.82) is 0 Å². The van der Waals surface area contributed by atoms with Crippen LogP contribution in [0.15, 0.2) is 0 Å². The minimum atomic E-state index is -0.747. The lowest BCUT2D eigenvalue weighted by Gasteiger charge is -2.33. The van der Waals surface area contributed by atoms with Gasteiger partial charge in [0.05, 0.1) is 11.5 Å². The van der Waals surface area contributed by atoms with Crippen molar-refractivity contribution in [2.24, 2.45) is 17.1 Å². The molecular formula is C13H23NO3. The number of hydrogen-bond acceptors (Lipinski definition) is 3. The van der Waals surface area contributed by atoms with E-state index in [1.807, 2.05) is 0 Å². The zero-order chi connectivity index (χ0) is 12.3. The van der Waals surface area contributed by atoms with Crippen LogP contribution in [0.5, 0.6) is 0 Å². The van der Waals surface area contributed by atoms with E-state index < -0.39 is 11.4 Å². The van der Waals surface area contributed by atoms with E-state index in [1.54, 1.807) is 0 Å². The van der Waals surface area contributed by atoms with Gasteiger partial charge in [-0.15, -0.1) is 0 Å². The maximum Gasteiger partial charge on any atom is 0.311 e. The molecule has 1 saturated carbocycles. The van der Waals surface area contributed by atoms with Crippen LogP contribution in [0.4, 0.5) is 0 Å². The predicted molar refractivity (Wildman–Crippen MR) is 64.7 cm³/mol. The summed E-state index contributed by atoms with van der Waals surface area (Å²) in [6, 6.07) is 0. The first kappa shape index (κ1) is 12.8. The summed E-state index contributed by atoms with van der Waals surface area (Å²) in [5, 5.41) is 9.50. The fourth-order valence-corrected chi connectivity index (χ4v) is 2.79. The van der Waals surface area contributed by atoms with Crippen LogP contribution in [-0.4, -0.2) is 30.3 Å². The second kappa shape index (κ2) is 5.36. The standard InChI is InChI=1S/C13H23NO3/c14-9-13(12(15)16,7-10-4-5-10)8-11-3-1-2-6-17-11/h10-11H,1-9,14H2,(H,15,16). The topological polar surface area (TPSA) is 72.5 Å². The van der Waals surface area contributed by atoms with Crippen molar-refractivity contribution in [3.05, 3.63) is 0 Å². The fraction of sp³-hybridized carbons (Fsp3) is 0.923. The summed E-state index contributed by atoms with van der Waals surface area (Å²) in [5.41, 5.74) is 5.02. The number of nitrogens with two attached hydrogens (primary N) is 1. The van der Waals surface area contributed by atoms with Crippen molar-refractivity contribution in [2.75, 3.05) is 13.2 Å². The number of carbonyl (C=O) groups is 1. The van der Waals surface area contributed by atoms with E-state index in [2.05, 4.69) is 0 Å². The Kier molecular flexibility index (Phi) is 4.05. The molecule has 1 aliphatic carbocycles. The van der Waals surface area contributed by atoms with E-state index >= 15 is 0 Å². The molecule has 0 aromatic rings. The van der Waals surface area contributed by atoms with Gasteiger partial charge >= 0.3 is 5.97 Å². The second-order valence-electron chi connectivity index (χ2n) is 5.63. The van der Waals surface area contributed by atoms with Crippen LogP contribution in [0.3, 0.4) is 0 Å². The van der Waals surface area contributed by atoms with Crippen LogP contribution in [-0.2, 0) is 9.53 Å². The van der Waals surface area contributed by atoms with Gasteiger partial charge in [-0.3, -0.25) is 4.79 Å². The highest BCUT2D eigenvalue weighted by Crippen LogP contribution is 2.43. The van der Waals surface area contributed by atoms with E-state index in [0.717, 1.165) is 32.3 Å². The van der Waals surface area contributed by atoms with Gasteiger partial charge in [0, 0.05) is 13.2 Å². The first-order valence-electron chi connectivity index (χ1n) is 6.71. The first-order chi connectivity index (χ1) is 8.16. The van der Waals surface area contributed by atoms with Gasteiger partial charge in [-0.25, -0.2) is 0 Å². The Morgan fingerprint density at radius 3 is 2.53 bits per heavy atom. The average molecular weight is 241 g/mol. The molecule has 98 valence electrons. The van der Waals surface area contributed by atoms with Crippen molar-refractivity contribution in [3.63, 3.8) is 0 Å². The van der Waals surface area contributed by atoms with E-state index in [0.29, 0.717) is 12.3 Å². The van der Waals surface area contributed by atoms with E-state index in [-0.39, 0.29) is 12.6 Å². The molecule has 0 radical (unpaired) electrons. The molecular weight excluding hydrogens is 218 g/mol. The van der Waals surface area contributed by atoms with Crippen molar-refractivity contribution < 1.29 is 14.6 Å². The number of carboxylic acid groups (broad SMARTS) is 1. The monoisotopic (exact) mass is 241 g/mol. The normalized spacial score (nSPS) is 28.6. The van der Waals surface area contributed by atoms with Crippen molar-refractivity contribution >= 4 is 5.97 Å². The fourth-order valence-electron chi connectivity index (χ4n) is 2.79. The molecule has 0 amide bonds. The third-order valence-corrected chi connectivity index (χ3v) is 4.11. The van der Waals surface area contributed by atoms with Gasteiger partial charge in [0.15, 0.2) is 0 Å². The molecule has 2 atom stereocenters. The van der Waals surface area contributed by atoms with Crippen molar-refractivity contribution in [3.8, 4) is 0 Å². The minimum Gasteiger partial charge on any atom is -0.481 e. The Labute approximate surface area is 103 Å². The molecule has 2 fully saturated rings. The molecule has 0 aromatic heterocycles. The van der Waals surface area contributed by atoms with E-state index in [4.69, 9.17) is 10.5 Å². The van der Waals surface area contributed by atoms with Gasteiger partial charge < -0.3 is 15.6 Å². The summed E-state index contributed by atoms with van der Waals surface area (Å²) in [5.74, 6) is -0.153. The second-order valence-corrected chi connectivity index (χ2v) is 5.63. The van der Waals surface area contributed by atoms with E-state index in [9.17, 15) is 9.90 Å². The third-order valence-electron chi connectivity index (χ3n) is 4.11. The lowest BCUT2D eigenvalue weighted by Crippen LogP contribution is -2.43. The number of hydrogen-bond donors (Lipinski definition) is 2. The zero-order valence-corrected chi connectivity index (χ0v) is 10.4. The molecule has 1 aliphatic heterocycles. The molecule has 0 aromatic carbocycles. The maximum atomic E-state index is 11.6. The van der Waals surface area contributed by atoms with Crippen molar-refractivity contribution in [2.45, 2.75) is 51.0 Å². The minimum absolute atomic E-state index is 0.0992. The van der Waals surface area contributed by atoms with Crippen LogP contribution in [0.1, 0.15) is 44.9 Å². The molecule has 2 aliphatic rings. The highest BCUT2D eigenvalue weighted by Gasteiger charge is 2.44. The Morgan fingerprint density at radius 2 is 2.06 bits per heavy atom. The number of aliphatic carboxylic acids is 1. The summed E-state index contributed by atoms with van der Waals surface area (Å²) < 4.78 is 5.67. The summed E-state index contributed by atoms with van der Waals surface area (Å²) in [7, 11) is 0. The van der Waals surface area contributed by atoms with Gasteiger partial charge in [0.25, 0.3) is 0 Å². The summed E-state index contributed by atoms with van der Waals surface area (Å²) >= 11 is 0. The van der Waals surface area contributed by atoms with Crippen molar-refractivity contribution in [1.82, 2.24) is 0 Å². The smallest absolute Gasteiger partial charge is 0.311 e. The highest BCUT2D eigenvalue weighted by molar-refractivity contribution is 5.75. The first-order valence-corrected chi connectivity index (χ1v) is 6.71. The Balaban J connectivity index is 1.99. The molecule has 1 saturated heterocycles. The van der Waals surface area contributed by atoms with Crippen LogP contribution in [0.2, 0.25) is 0 Å².